The van der Waals surface area contributed by atoms with E-state index in [2.05, 4.69) is 0 Å². The highest BCUT2D eigenvalue weighted by Gasteiger charge is 2.29. The number of esters is 1. The van der Waals surface area contributed by atoms with Gasteiger partial charge in [0.2, 0.25) is 6.79 Å². The minimum absolute atomic E-state index is 0.213. The lowest BCUT2D eigenvalue weighted by atomic mass is 9.86. The molecule has 0 aliphatic carbocycles. The fourth-order valence-electron chi connectivity index (χ4n) is 1.91. The molecule has 0 fully saturated rings. The van der Waals surface area contributed by atoms with Crippen LogP contribution in [0, 0.1) is 5.41 Å². The summed E-state index contributed by atoms with van der Waals surface area (Å²) in [7, 11) is 1.41. The maximum atomic E-state index is 11.6. The summed E-state index contributed by atoms with van der Waals surface area (Å²) in [5, 5.41) is 0. The van der Waals surface area contributed by atoms with Gasteiger partial charge < -0.3 is 14.2 Å². The van der Waals surface area contributed by atoms with Gasteiger partial charge in [-0.3, -0.25) is 4.79 Å². The van der Waals surface area contributed by atoms with Crippen LogP contribution in [-0.4, -0.2) is 19.9 Å². The third kappa shape index (κ3) is 2.35. The molecule has 0 aromatic heterocycles. The van der Waals surface area contributed by atoms with Crippen LogP contribution in [-0.2, 0) is 16.0 Å². The van der Waals surface area contributed by atoms with E-state index in [1.807, 2.05) is 32.0 Å². The minimum Gasteiger partial charge on any atom is -0.469 e. The van der Waals surface area contributed by atoms with Gasteiger partial charge in [-0.25, -0.2) is 0 Å². The number of carbonyl (C=O) groups is 1. The van der Waals surface area contributed by atoms with Crippen molar-refractivity contribution < 1.29 is 19.0 Å². The summed E-state index contributed by atoms with van der Waals surface area (Å²) >= 11 is 0. The molecule has 1 aromatic rings. The summed E-state index contributed by atoms with van der Waals surface area (Å²) in [6.45, 7) is 3.99. The molecule has 0 spiro atoms. The summed E-state index contributed by atoms with van der Waals surface area (Å²) in [6, 6.07) is 5.72. The number of carbonyl (C=O) groups excluding carboxylic acids is 1. The highest BCUT2D eigenvalue weighted by molar-refractivity contribution is 5.76. The van der Waals surface area contributed by atoms with Crippen molar-refractivity contribution in [2.24, 2.45) is 5.41 Å². The molecular weight excluding hydrogens is 220 g/mol. The number of rotatable bonds is 3. The quantitative estimate of drug-likeness (QED) is 0.754. The first kappa shape index (κ1) is 11.8. The number of fused-ring (bicyclic) bond motifs is 1. The molecule has 4 heteroatoms. The SMILES string of the molecule is COC(=O)C(C)(C)Cc1ccc2c(c1)OCO2. The summed E-state index contributed by atoms with van der Waals surface area (Å²) in [5.74, 6) is 1.28. The van der Waals surface area contributed by atoms with Crippen molar-refractivity contribution >= 4 is 5.97 Å². The van der Waals surface area contributed by atoms with Gasteiger partial charge in [0.05, 0.1) is 12.5 Å². The van der Waals surface area contributed by atoms with Gasteiger partial charge in [-0.1, -0.05) is 6.07 Å². The average molecular weight is 236 g/mol. The zero-order valence-electron chi connectivity index (χ0n) is 10.3. The Morgan fingerprint density at radius 2 is 2.06 bits per heavy atom. The van der Waals surface area contributed by atoms with E-state index in [-0.39, 0.29) is 12.8 Å². The lowest BCUT2D eigenvalue weighted by Gasteiger charge is -2.21. The van der Waals surface area contributed by atoms with Crippen molar-refractivity contribution in [2.75, 3.05) is 13.9 Å². The fourth-order valence-corrected chi connectivity index (χ4v) is 1.91. The molecule has 17 heavy (non-hydrogen) atoms. The van der Waals surface area contributed by atoms with E-state index in [0.29, 0.717) is 6.42 Å². The Morgan fingerprint density at radius 3 is 2.76 bits per heavy atom. The summed E-state index contributed by atoms with van der Waals surface area (Å²) in [5.41, 5.74) is 0.493. The monoisotopic (exact) mass is 236 g/mol. The van der Waals surface area contributed by atoms with Gasteiger partial charge in [-0.15, -0.1) is 0 Å². The highest BCUT2D eigenvalue weighted by atomic mass is 16.7. The second-order valence-electron chi connectivity index (χ2n) is 4.74. The van der Waals surface area contributed by atoms with E-state index >= 15 is 0 Å². The smallest absolute Gasteiger partial charge is 0.311 e. The molecule has 0 bridgehead atoms. The van der Waals surface area contributed by atoms with E-state index in [4.69, 9.17) is 14.2 Å². The predicted octanol–water partition coefficient (Wildman–Crippen LogP) is 2.16. The van der Waals surface area contributed by atoms with E-state index in [0.717, 1.165) is 17.1 Å². The molecule has 1 aromatic carbocycles. The molecule has 92 valence electrons. The standard InChI is InChI=1S/C13H16O4/c1-13(2,12(14)15-3)7-9-4-5-10-11(6-9)17-8-16-10/h4-6H,7-8H2,1-3H3. The number of hydrogen-bond acceptors (Lipinski definition) is 4. The molecule has 0 N–H and O–H groups in total. The Hall–Kier alpha value is -1.71. The van der Waals surface area contributed by atoms with E-state index in [1.165, 1.54) is 7.11 Å². The van der Waals surface area contributed by atoms with Crippen LogP contribution in [0.15, 0.2) is 18.2 Å². The Bertz CT molecular complexity index is 437. The van der Waals surface area contributed by atoms with Crippen LogP contribution in [0.1, 0.15) is 19.4 Å². The molecule has 0 unspecified atom stereocenters. The first-order valence-electron chi connectivity index (χ1n) is 5.50. The molecule has 2 rings (SSSR count). The van der Waals surface area contributed by atoms with Crippen molar-refractivity contribution in [3.63, 3.8) is 0 Å². The van der Waals surface area contributed by atoms with E-state index in [1.54, 1.807) is 0 Å². The molecule has 4 nitrogen and oxygen atoms in total. The number of methoxy groups -OCH3 is 1. The van der Waals surface area contributed by atoms with Gasteiger partial charge in [0.1, 0.15) is 0 Å². The first-order valence-corrected chi connectivity index (χ1v) is 5.50. The Labute approximate surface area is 100 Å². The molecule has 1 aliphatic heterocycles. The third-order valence-corrected chi connectivity index (χ3v) is 2.82. The van der Waals surface area contributed by atoms with Gasteiger partial charge in [0, 0.05) is 0 Å². The fraction of sp³-hybridized carbons (Fsp3) is 0.462. The third-order valence-electron chi connectivity index (χ3n) is 2.82. The second kappa shape index (κ2) is 4.28. The molecular formula is C13H16O4. The molecule has 0 radical (unpaired) electrons. The van der Waals surface area contributed by atoms with Crippen LogP contribution >= 0.6 is 0 Å². The lowest BCUT2D eigenvalue weighted by Crippen LogP contribution is -2.27. The zero-order valence-corrected chi connectivity index (χ0v) is 10.3. The maximum absolute atomic E-state index is 11.6. The van der Waals surface area contributed by atoms with Gasteiger partial charge in [0.15, 0.2) is 11.5 Å². The van der Waals surface area contributed by atoms with Gasteiger partial charge in [-0.2, -0.15) is 0 Å². The van der Waals surface area contributed by atoms with Crippen molar-refractivity contribution in [1.82, 2.24) is 0 Å². The lowest BCUT2D eigenvalue weighted by molar-refractivity contribution is -0.150. The van der Waals surface area contributed by atoms with Crippen LogP contribution in [0.3, 0.4) is 0 Å². The zero-order chi connectivity index (χ0) is 12.5. The van der Waals surface area contributed by atoms with Crippen LogP contribution in [0.5, 0.6) is 11.5 Å². The first-order chi connectivity index (χ1) is 8.03. The van der Waals surface area contributed by atoms with Crippen LogP contribution in [0.2, 0.25) is 0 Å². The van der Waals surface area contributed by atoms with E-state index in [9.17, 15) is 4.79 Å². The molecule has 1 heterocycles. The Balaban J connectivity index is 2.16. The molecule has 0 amide bonds. The maximum Gasteiger partial charge on any atom is 0.311 e. The van der Waals surface area contributed by atoms with E-state index < -0.39 is 5.41 Å². The van der Waals surface area contributed by atoms with Gasteiger partial charge in [-0.05, 0) is 38.0 Å². The summed E-state index contributed by atoms with van der Waals surface area (Å²) in [4.78, 5) is 11.6. The van der Waals surface area contributed by atoms with Crippen molar-refractivity contribution in [3.05, 3.63) is 23.8 Å². The predicted molar refractivity (Wildman–Crippen MR) is 62.1 cm³/mol. The summed E-state index contributed by atoms with van der Waals surface area (Å²) < 4.78 is 15.3. The molecule has 0 atom stereocenters. The molecule has 1 aliphatic rings. The number of ether oxygens (including phenoxy) is 3. The van der Waals surface area contributed by atoms with Crippen LogP contribution < -0.4 is 9.47 Å². The Morgan fingerprint density at radius 1 is 1.35 bits per heavy atom. The van der Waals surface area contributed by atoms with Crippen LogP contribution in [0.4, 0.5) is 0 Å². The van der Waals surface area contributed by atoms with Crippen molar-refractivity contribution in [3.8, 4) is 11.5 Å². The number of benzene rings is 1. The second-order valence-corrected chi connectivity index (χ2v) is 4.74. The van der Waals surface area contributed by atoms with Crippen molar-refractivity contribution in [1.29, 1.82) is 0 Å². The average Bonchev–Trinajstić information content (AvgIpc) is 2.74. The summed E-state index contributed by atoms with van der Waals surface area (Å²) in [6.07, 6.45) is 0.607. The normalized spacial score (nSPS) is 13.6. The molecule has 0 saturated carbocycles. The minimum atomic E-state index is -0.539. The number of hydrogen-bond donors (Lipinski definition) is 0. The highest BCUT2D eigenvalue weighted by Crippen LogP contribution is 2.34. The Kier molecular flexibility index (Phi) is 2.96. The topological polar surface area (TPSA) is 44.8 Å². The van der Waals surface area contributed by atoms with Crippen molar-refractivity contribution in [2.45, 2.75) is 20.3 Å². The van der Waals surface area contributed by atoms with Gasteiger partial charge >= 0.3 is 5.97 Å². The molecule has 0 saturated heterocycles. The van der Waals surface area contributed by atoms with Crippen LogP contribution in [0.25, 0.3) is 0 Å². The van der Waals surface area contributed by atoms with Gasteiger partial charge in [0.25, 0.3) is 0 Å². The largest absolute Gasteiger partial charge is 0.469 e.